The average molecular weight is 290 g/mol. The van der Waals surface area contributed by atoms with E-state index < -0.39 is 5.82 Å². The first-order chi connectivity index (χ1) is 9.65. The van der Waals surface area contributed by atoms with Gasteiger partial charge in [-0.05, 0) is 35.7 Å². The molecule has 0 unspecified atom stereocenters. The maximum absolute atomic E-state index is 13.0. The number of halogens is 2. The Bertz CT molecular complexity index is 671. The van der Waals surface area contributed by atoms with Gasteiger partial charge < -0.3 is 4.90 Å². The number of rotatable bonds is 1. The van der Waals surface area contributed by atoms with Crippen molar-refractivity contribution in [3.63, 3.8) is 0 Å². The summed E-state index contributed by atoms with van der Waals surface area (Å²) in [5.41, 5.74) is 2.79. The van der Waals surface area contributed by atoms with Gasteiger partial charge in [-0.25, -0.2) is 4.39 Å². The predicted octanol–water partition coefficient (Wildman–Crippen LogP) is 3.68. The minimum atomic E-state index is -0.435. The molecule has 102 valence electrons. The number of fused-ring (bicyclic) bond motifs is 1. The van der Waals surface area contributed by atoms with Gasteiger partial charge in [0.25, 0.3) is 5.91 Å². The van der Waals surface area contributed by atoms with E-state index in [9.17, 15) is 9.18 Å². The molecule has 0 N–H and O–H groups in total. The molecule has 0 bridgehead atoms. The van der Waals surface area contributed by atoms with Gasteiger partial charge in [-0.3, -0.25) is 4.79 Å². The molecule has 1 heterocycles. The van der Waals surface area contributed by atoms with Crippen molar-refractivity contribution in [3.05, 3.63) is 70.0 Å². The fourth-order valence-electron chi connectivity index (χ4n) is 2.50. The third-order valence-corrected chi connectivity index (χ3v) is 3.89. The third-order valence-electron chi connectivity index (χ3n) is 3.58. The second kappa shape index (κ2) is 5.25. The van der Waals surface area contributed by atoms with Crippen LogP contribution in [0, 0.1) is 5.82 Å². The Kier molecular flexibility index (Phi) is 3.45. The molecule has 0 fully saturated rings. The zero-order valence-corrected chi connectivity index (χ0v) is 11.5. The van der Waals surface area contributed by atoms with Crippen molar-refractivity contribution < 1.29 is 9.18 Å². The van der Waals surface area contributed by atoms with Crippen LogP contribution in [-0.2, 0) is 13.0 Å². The van der Waals surface area contributed by atoms with Gasteiger partial charge in [0.05, 0.1) is 10.6 Å². The van der Waals surface area contributed by atoms with Crippen LogP contribution >= 0.6 is 11.6 Å². The summed E-state index contributed by atoms with van der Waals surface area (Å²) in [7, 11) is 0. The Balaban J connectivity index is 1.86. The first kappa shape index (κ1) is 13.1. The molecule has 3 rings (SSSR count). The first-order valence-electron chi connectivity index (χ1n) is 6.46. The molecule has 2 nitrogen and oxygen atoms in total. The summed E-state index contributed by atoms with van der Waals surface area (Å²) in [6.07, 6.45) is 0.834. The molecule has 0 saturated carbocycles. The zero-order valence-electron chi connectivity index (χ0n) is 10.8. The van der Waals surface area contributed by atoms with E-state index in [0.29, 0.717) is 18.7 Å². The Morgan fingerprint density at radius 3 is 2.65 bits per heavy atom. The molecule has 2 aromatic rings. The molecule has 0 radical (unpaired) electrons. The number of hydrogen-bond donors (Lipinski definition) is 0. The van der Waals surface area contributed by atoms with Crippen LogP contribution in [0.5, 0.6) is 0 Å². The van der Waals surface area contributed by atoms with Gasteiger partial charge in [-0.1, -0.05) is 35.9 Å². The Morgan fingerprint density at radius 2 is 1.90 bits per heavy atom. The van der Waals surface area contributed by atoms with E-state index in [1.54, 1.807) is 4.90 Å². The fourth-order valence-corrected chi connectivity index (χ4v) is 2.75. The smallest absolute Gasteiger partial charge is 0.255 e. The lowest BCUT2D eigenvalue weighted by Crippen LogP contribution is -2.36. The fraction of sp³-hybridized carbons (Fsp3) is 0.188. The first-order valence-corrected chi connectivity index (χ1v) is 6.84. The van der Waals surface area contributed by atoms with E-state index in [1.165, 1.54) is 23.8 Å². The number of carbonyl (C=O) groups excluding carboxylic acids is 1. The standard InChI is InChI=1S/C16H13ClFNO/c17-15-9-13(18)5-6-14(15)16(20)19-8-7-11-3-1-2-4-12(11)10-19/h1-6,9H,7-8,10H2. The van der Waals surface area contributed by atoms with Gasteiger partial charge in [0.15, 0.2) is 0 Å². The van der Waals surface area contributed by atoms with Crippen molar-refractivity contribution in [1.29, 1.82) is 0 Å². The highest BCUT2D eigenvalue weighted by Crippen LogP contribution is 2.23. The number of amides is 1. The van der Waals surface area contributed by atoms with Crippen LogP contribution in [0.4, 0.5) is 4.39 Å². The van der Waals surface area contributed by atoms with E-state index in [2.05, 4.69) is 6.07 Å². The van der Waals surface area contributed by atoms with Crippen LogP contribution < -0.4 is 0 Å². The Labute approximate surface area is 121 Å². The van der Waals surface area contributed by atoms with E-state index in [1.807, 2.05) is 18.2 Å². The molecule has 20 heavy (non-hydrogen) atoms. The van der Waals surface area contributed by atoms with Crippen molar-refractivity contribution in [2.24, 2.45) is 0 Å². The zero-order chi connectivity index (χ0) is 14.1. The molecule has 0 aliphatic carbocycles. The SMILES string of the molecule is O=C(c1ccc(F)cc1Cl)N1CCc2ccccc2C1. The van der Waals surface area contributed by atoms with Gasteiger partial charge in [0.2, 0.25) is 0 Å². The van der Waals surface area contributed by atoms with E-state index >= 15 is 0 Å². The summed E-state index contributed by atoms with van der Waals surface area (Å²) in [4.78, 5) is 14.2. The molecular formula is C16H13ClFNO. The summed E-state index contributed by atoms with van der Waals surface area (Å²) in [6, 6.07) is 12.0. The summed E-state index contributed by atoms with van der Waals surface area (Å²) < 4.78 is 13.0. The van der Waals surface area contributed by atoms with Crippen LogP contribution in [0.15, 0.2) is 42.5 Å². The molecule has 4 heteroatoms. The maximum Gasteiger partial charge on any atom is 0.255 e. The van der Waals surface area contributed by atoms with Crippen molar-refractivity contribution in [2.75, 3.05) is 6.54 Å². The average Bonchev–Trinajstić information content (AvgIpc) is 2.46. The summed E-state index contributed by atoms with van der Waals surface area (Å²) in [5.74, 6) is -0.583. The molecule has 0 aromatic heterocycles. The maximum atomic E-state index is 13.0. The number of hydrogen-bond acceptors (Lipinski definition) is 1. The largest absolute Gasteiger partial charge is 0.334 e. The van der Waals surface area contributed by atoms with Gasteiger partial charge in [0, 0.05) is 13.1 Å². The number of nitrogens with zero attached hydrogens (tertiary/aromatic N) is 1. The van der Waals surface area contributed by atoms with Gasteiger partial charge >= 0.3 is 0 Å². The predicted molar refractivity (Wildman–Crippen MR) is 76.3 cm³/mol. The van der Waals surface area contributed by atoms with Gasteiger partial charge in [-0.2, -0.15) is 0 Å². The highest BCUT2D eigenvalue weighted by atomic mass is 35.5. The van der Waals surface area contributed by atoms with Gasteiger partial charge in [0.1, 0.15) is 5.82 Å². The summed E-state index contributed by atoms with van der Waals surface area (Å²) in [6.45, 7) is 1.23. The van der Waals surface area contributed by atoms with Gasteiger partial charge in [-0.15, -0.1) is 0 Å². The molecule has 0 atom stereocenters. The molecule has 0 spiro atoms. The summed E-state index contributed by atoms with van der Waals surface area (Å²) in [5, 5.41) is 0.161. The molecule has 1 aliphatic rings. The molecule has 1 amide bonds. The molecule has 1 aliphatic heterocycles. The summed E-state index contributed by atoms with van der Waals surface area (Å²) >= 11 is 5.96. The lowest BCUT2D eigenvalue weighted by Gasteiger charge is -2.29. The molecule has 0 saturated heterocycles. The van der Waals surface area contributed by atoms with Crippen molar-refractivity contribution in [2.45, 2.75) is 13.0 Å². The Morgan fingerprint density at radius 1 is 1.15 bits per heavy atom. The lowest BCUT2D eigenvalue weighted by atomic mass is 9.99. The highest BCUT2D eigenvalue weighted by molar-refractivity contribution is 6.33. The van der Waals surface area contributed by atoms with Crippen molar-refractivity contribution >= 4 is 17.5 Å². The second-order valence-electron chi connectivity index (χ2n) is 4.87. The van der Waals surface area contributed by atoms with Crippen LogP contribution in [0.25, 0.3) is 0 Å². The Hall–Kier alpha value is -1.87. The van der Waals surface area contributed by atoms with Crippen LogP contribution in [0.1, 0.15) is 21.5 Å². The van der Waals surface area contributed by atoms with E-state index in [4.69, 9.17) is 11.6 Å². The molecular weight excluding hydrogens is 277 g/mol. The monoisotopic (exact) mass is 289 g/mol. The third kappa shape index (κ3) is 2.41. The molecule has 2 aromatic carbocycles. The quantitative estimate of drug-likeness (QED) is 0.784. The number of carbonyl (C=O) groups is 1. The minimum Gasteiger partial charge on any atom is -0.334 e. The minimum absolute atomic E-state index is 0.149. The van der Waals surface area contributed by atoms with Crippen molar-refractivity contribution in [1.82, 2.24) is 4.90 Å². The van der Waals surface area contributed by atoms with E-state index in [0.717, 1.165) is 12.0 Å². The van der Waals surface area contributed by atoms with E-state index in [-0.39, 0.29) is 10.9 Å². The van der Waals surface area contributed by atoms with Crippen LogP contribution in [-0.4, -0.2) is 17.4 Å². The highest BCUT2D eigenvalue weighted by Gasteiger charge is 2.23. The second-order valence-corrected chi connectivity index (χ2v) is 5.28. The lowest BCUT2D eigenvalue weighted by molar-refractivity contribution is 0.0735. The van der Waals surface area contributed by atoms with Crippen LogP contribution in [0.2, 0.25) is 5.02 Å². The van der Waals surface area contributed by atoms with Crippen molar-refractivity contribution in [3.8, 4) is 0 Å². The topological polar surface area (TPSA) is 20.3 Å². The normalized spacial score (nSPS) is 14.0. The van der Waals surface area contributed by atoms with Crippen LogP contribution in [0.3, 0.4) is 0 Å². The number of benzene rings is 2.